The first-order valence-corrected chi connectivity index (χ1v) is 14.3. The Morgan fingerprint density at radius 2 is 1.56 bits per heavy atom. The number of piperidine rings is 1. The van der Waals surface area contributed by atoms with Crippen LogP contribution in [0.2, 0.25) is 5.02 Å². The van der Waals surface area contributed by atoms with Crippen molar-refractivity contribution in [3.63, 3.8) is 0 Å². The molecule has 1 aliphatic rings. The molecule has 5 rings (SSSR count). The van der Waals surface area contributed by atoms with Crippen molar-refractivity contribution in [2.45, 2.75) is 38.8 Å². The summed E-state index contributed by atoms with van der Waals surface area (Å²) in [5, 5.41) is 6.05. The second-order valence-electron chi connectivity index (χ2n) is 10.4. The van der Waals surface area contributed by atoms with Gasteiger partial charge in [-0.25, -0.2) is 0 Å². The van der Waals surface area contributed by atoms with E-state index < -0.39 is 5.91 Å². The van der Waals surface area contributed by atoms with Gasteiger partial charge in [0.15, 0.2) is 6.29 Å². The van der Waals surface area contributed by atoms with E-state index in [1.165, 1.54) is 18.3 Å². The number of nitrogens with one attached hydrogen (secondary N) is 2. The van der Waals surface area contributed by atoms with E-state index in [0.29, 0.717) is 40.4 Å². The molecule has 2 aromatic heterocycles. The van der Waals surface area contributed by atoms with Crippen LogP contribution in [-0.4, -0.2) is 51.8 Å². The quantitative estimate of drug-likeness (QED) is 0.228. The summed E-state index contributed by atoms with van der Waals surface area (Å²) in [7, 11) is 0. The minimum absolute atomic E-state index is 0.0731. The van der Waals surface area contributed by atoms with E-state index in [1.54, 1.807) is 30.5 Å². The number of carbonyl (C=O) groups excluding carboxylic acids is 4. The number of nitrogens with zero attached hydrogens (tertiary/aromatic N) is 3. The van der Waals surface area contributed by atoms with Gasteiger partial charge in [-0.05, 0) is 73.3 Å². The van der Waals surface area contributed by atoms with Crippen LogP contribution in [0.15, 0.2) is 73.1 Å². The van der Waals surface area contributed by atoms with Crippen LogP contribution >= 0.6 is 11.6 Å². The number of aromatic nitrogens is 2. The second-order valence-corrected chi connectivity index (χ2v) is 10.7. The van der Waals surface area contributed by atoms with Gasteiger partial charge < -0.3 is 15.4 Å². The smallest absolute Gasteiger partial charge is 0.274 e. The van der Waals surface area contributed by atoms with Crippen molar-refractivity contribution in [3.05, 3.63) is 106 Å². The molecule has 218 valence electrons. The molecule has 3 heterocycles. The molecular formula is C33H30ClN5O4. The number of hydrogen-bond acceptors (Lipinski definition) is 7. The highest BCUT2D eigenvalue weighted by Gasteiger charge is 2.22. The highest BCUT2D eigenvalue weighted by atomic mass is 35.5. The summed E-state index contributed by atoms with van der Waals surface area (Å²) in [4.78, 5) is 58.7. The van der Waals surface area contributed by atoms with E-state index in [9.17, 15) is 19.2 Å². The zero-order valence-electron chi connectivity index (χ0n) is 23.5. The van der Waals surface area contributed by atoms with Crippen molar-refractivity contribution < 1.29 is 19.2 Å². The van der Waals surface area contributed by atoms with Gasteiger partial charge in [-0.15, -0.1) is 0 Å². The molecule has 0 bridgehead atoms. The maximum Gasteiger partial charge on any atom is 0.274 e. The monoisotopic (exact) mass is 595 g/mol. The number of amides is 2. The fraction of sp³-hybridized carbons (Fsp3) is 0.212. The Kier molecular flexibility index (Phi) is 9.34. The largest absolute Gasteiger partial charge is 0.320 e. The first-order chi connectivity index (χ1) is 20.9. The van der Waals surface area contributed by atoms with Crippen LogP contribution in [0.1, 0.15) is 61.7 Å². The minimum atomic E-state index is -0.466. The average Bonchev–Trinajstić information content (AvgIpc) is 3.04. The molecule has 0 spiro atoms. The lowest BCUT2D eigenvalue weighted by atomic mass is 9.98. The Morgan fingerprint density at radius 1 is 0.884 bits per heavy atom. The number of carbonyl (C=O) groups is 4. The number of halogens is 1. The zero-order chi connectivity index (χ0) is 30.3. The molecule has 1 atom stereocenters. The molecular weight excluding hydrogens is 566 g/mol. The van der Waals surface area contributed by atoms with Gasteiger partial charge >= 0.3 is 0 Å². The first-order valence-electron chi connectivity index (χ1n) is 13.9. The van der Waals surface area contributed by atoms with Crippen LogP contribution in [0.25, 0.3) is 11.1 Å². The maximum atomic E-state index is 13.1. The summed E-state index contributed by atoms with van der Waals surface area (Å²) in [6.07, 6.45) is 7.67. The van der Waals surface area contributed by atoms with E-state index in [2.05, 4.69) is 25.5 Å². The highest BCUT2D eigenvalue weighted by molar-refractivity contribution is 6.36. The van der Waals surface area contributed by atoms with Gasteiger partial charge in [-0.3, -0.25) is 29.3 Å². The topological polar surface area (TPSA) is 121 Å². The summed E-state index contributed by atoms with van der Waals surface area (Å²) >= 11 is 6.75. The number of hydrogen-bond donors (Lipinski definition) is 2. The summed E-state index contributed by atoms with van der Waals surface area (Å²) in [6.45, 7) is 3.36. The molecule has 43 heavy (non-hydrogen) atoms. The Bertz CT molecular complexity index is 1660. The lowest BCUT2D eigenvalue weighted by Crippen LogP contribution is -2.39. The number of likely N-dealkylation sites (tertiary alicyclic amines) is 1. The number of pyridine rings is 2. The molecule has 1 unspecified atom stereocenters. The molecule has 0 saturated carbocycles. The van der Waals surface area contributed by atoms with Crippen molar-refractivity contribution in [2.75, 3.05) is 17.2 Å². The molecule has 9 nitrogen and oxygen atoms in total. The second kappa shape index (κ2) is 13.5. The third-order valence-electron chi connectivity index (χ3n) is 7.54. The molecule has 2 amide bonds. The van der Waals surface area contributed by atoms with Crippen LogP contribution in [0.5, 0.6) is 0 Å². The van der Waals surface area contributed by atoms with E-state index >= 15 is 0 Å². The van der Waals surface area contributed by atoms with Gasteiger partial charge in [0.1, 0.15) is 17.7 Å². The van der Waals surface area contributed by atoms with E-state index in [4.69, 9.17) is 11.6 Å². The van der Waals surface area contributed by atoms with Gasteiger partial charge in [0.05, 0.1) is 16.8 Å². The average molecular weight is 596 g/mol. The Labute approximate surface area is 254 Å². The molecule has 1 aliphatic heterocycles. The maximum absolute atomic E-state index is 13.1. The van der Waals surface area contributed by atoms with E-state index in [-0.39, 0.29) is 23.3 Å². The van der Waals surface area contributed by atoms with Gasteiger partial charge in [0, 0.05) is 35.8 Å². The fourth-order valence-corrected chi connectivity index (χ4v) is 5.41. The molecule has 10 heteroatoms. The highest BCUT2D eigenvalue weighted by Crippen LogP contribution is 2.37. The number of anilines is 2. The van der Waals surface area contributed by atoms with Crippen LogP contribution < -0.4 is 10.6 Å². The molecule has 0 aliphatic carbocycles. The summed E-state index contributed by atoms with van der Waals surface area (Å²) in [5.41, 5.74) is 4.96. The fourth-order valence-electron chi connectivity index (χ4n) is 5.14. The van der Waals surface area contributed by atoms with Crippen molar-refractivity contribution in [1.82, 2.24) is 14.9 Å². The predicted molar refractivity (Wildman–Crippen MR) is 166 cm³/mol. The molecule has 2 N–H and O–H groups in total. The van der Waals surface area contributed by atoms with Crippen molar-refractivity contribution >= 4 is 47.4 Å². The third-order valence-corrected chi connectivity index (χ3v) is 7.95. The van der Waals surface area contributed by atoms with E-state index in [0.717, 1.165) is 48.8 Å². The van der Waals surface area contributed by atoms with E-state index in [1.807, 2.05) is 31.2 Å². The lowest BCUT2D eigenvalue weighted by Gasteiger charge is -2.32. The SMILES string of the molecule is Cc1c(NC(=O)c2ccc(CN3CCCCC3C=O)cn2)cccc1-c1cccc(NC(=O)c2ccc(C=O)cn2)c1Cl. The van der Waals surface area contributed by atoms with Gasteiger partial charge in [-0.2, -0.15) is 0 Å². The molecule has 2 aromatic carbocycles. The molecule has 0 radical (unpaired) electrons. The number of rotatable bonds is 9. The standard InChI is InChI=1S/C33H30ClN5O4/c1-21-25(26-8-5-10-28(31(26)34)38-33(43)30-14-12-23(19-40)17-36-30)7-4-9-27(21)37-32(42)29-13-11-22(16-35-29)18-39-15-3-2-6-24(39)20-41/h4-5,7-14,16-17,19-20,24H,2-3,6,15,18H2,1H3,(H,37,42)(H,38,43). The zero-order valence-corrected chi connectivity index (χ0v) is 24.3. The van der Waals surface area contributed by atoms with Crippen molar-refractivity contribution in [1.29, 1.82) is 0 Å². The van der Waals surface area contributed by atoms with Crippen molar-refractivity contribution in [3.8, 4) is 11.1 Å². The van der Waals surface area contributed by atoms with Crippen molar-refractivity contribution in [2.24, 2.45) is 0 Å². The summed E-state index contributed by atoms with van der Waals surface area (Å²) in [6, 6.07) is 17.3. The molecule has 4 aromatic rings. The molecule has 1 saturated heterocycles. The predicted octanol–water partition coefficient (Wildman–Crippen LogP) is 5.98. The summed E-state index contributed by atoms with van der Waals surface area (Å²) in [5.74, 6) is -0.817. The van der Waals surface area contributed by atoms with Gasteiger partial charge in [-0.1, -0.05) is 48.4 Å². The van der Waals surface area contributed by atoms with Crippen LogP contribution in [-0.2, 0) is 11.3 Å². The van der Waals surface area contributed by atoms with Gasteiger partial charge in [0.25, 0.3) is 11.8 Å². The van der Waals surface area contributed by atoms with Crippen LogP contribution in [0.4, 0.5) is 11.4 Å². The lowest BCUT2D eigenvalue weighted by molar-refractivity contribution is -0.113. The molecule has 1 fully saturated rings. The number of benzene rings is 2. The number of aldehydes is 2. The Balaban J connectivity index is 1.30. The Hall–Kier alpha value is -4.73. The Morgan fingerprint density at radius 3 is 2.21 bits per heavy atom. The normalized spacial score (nSPS) is 15.0. The van der Waals surface area contributed by atoms with Crippen LogP contribution in [0, 0.1) is 6.92 Å². The first kappa shape index (κ1) is 29.8. The van der Waals surface area contributed by atoms with Gasteiger partial charge in [0.2, 0.25) is 0 Å². The van der Waals surface area contributed by atoms with Crippen LogP contribution in [0.3, 0.4) is 0 Å². The summed E-state index contributed by atoms with van der Waals surface area (Å²) < 4.78 is 0. The third kappa shape index (κ3) is 6.85. The minimum Gasteiger partial charge on any atom is -0.320 e.